The van der Waals surface area contributed by atoms with Crippen LogP contribution in [0.3, 0.4) is 0 Å². The van der Waals surface area contributed by atoms with Gasteiger partial charge in [0.15, 0.2) is 0 Å². The SMILES string of the molecule is CC[C@H]1CN2CCC1C[C@H]2[C@H](O)c1ccnc2ccc(O)cc12. The molecular weight excluding hydrogens is 288 g/mol. The second kappa shape index (κ2) is 5.77. The second-order valence-electron chi connectivity index (χ2n) is 7.06. The summed E-state index contributed by atoms with van der Waals surface area (Å²) in [6, 6.07) is 7.24. The first-order valence-corrected chi connectivity index (χ1v) is 8.67. The summed E-state index contributed by atoms with van der Waals surface area (Å²) in [5, 5.41) is 21.7. The van der Waals surface area contributed by atoms with Crippen LogP contribution in [0.5, 0.6) is 5.75 Å². The number of phenolic OH excluding ortho intramolecular Hbond substituents is 1. The number of hydrogen-bond acceptors (Lipinski definition) is 4. The van der Waals surface area contributed by atoms with Gasteiger partial charge in [0.25, 0.3) is 0 Å². The van der Waals surface area contributed by atoms with Crippen LogP contribution in [0, 0.1) is 11.8 Å². The molecule has 3 fully saturated rings. The minimum Gasteiger partial charge on any atom is -0.508 e. The summed E-state index contributed by atoms with van der Waals surface area (Å²) < 4.78 is 0. The molecule has 3 aliphatic heterocycles. The van der Waals surface area contributed by atoms with Gasteiger partial charge < -0.3 is 10.2 Å². The Bertz CT molecular complexity index is 718. The highest BCUT2D eigenvalue weighted by Crippen LogP contribution is 2.42. The van der Waals surface area contributed by atoms with Crippen molar-refractivity contribution >= 4 is 10.9 Å². The first-order chi connectivity index (χ1) is 11.2. The van der Waals surface area contributed by atoms with E-state index in [0.717, 1.165) is 47.8 Å². The standard InChI is InChI=1S/C19H24N2O2/c1-2-12-11-21-8-6-13(12)9-18(21)19(23)15-5-7-20-17-4-3-14(22)10-16(15)17/h3-5,7,10,12-13,18-19,22-23H,2,6,8-9,11H2,1H3/t12-,13?,18-,19+/m0/s1. The molecule has 4 nitrogen and oxygen atoms in total. The van der Waals surface area contributed by atoms with Crippen LogP contribution in [0.25, 0.3) is 10.9 Å². The molecule has 2 aromatic rings. The lowest BCUT2D eigenvalue weighted by Gasteiger charge is -2.51. The molecular formula is C19H24N2O2. The number of aromatic hydroxyl groups is 1. The highest BCUT2D eigenvalue weighted by molar-refractivity contribution is 5.83. The lowest BCUT2D eigenvalue weighted by molar-refractivity contribution is -0.0562. The largest absolute Gasteiger partial charge is 0.508 e. The Labute approximate surface area is 136 Å². The van der Waals surface area contributed by atoms with Gasteiger partial charge in [0.2, 0.25) is 0 Å². The van der Waals surface area contributed by atoms with E-state index in [1.807, 2.05) is 6.07 Å². The van der Waals surface area contributed by atoms with E-state index in [1.165, 1.54) is 12.8 Å². The van der Waals surface area contributed by atoms with Gasteiger partial charge in [0.05, 0.1) is 11.6 Å². The van der Waals surface area contributed by atoms with Crippen molar-refractivity contribution in [1.29, 1.82) is 0 Å². The Kier molecular flexibility index (Phi) is 3.74. The molecule has 3 aliphatic rings. The molecule has 0 aliphatic carbocycles. The minimum absolute atomic E-state index is 0.185. The van der Waals surface area contributed by atoms with E-state index in [-0.39, 0.29) is 11.8 Å². The van der Waals surface area contributed by atoms with E-state index < -0.39 is 6.10 Å². The van der Waals surface area contributed by atoms with E-state index in [2.05, 4.69) is 16.8 Å². The number of aliphatic hydroxyl groups is 1. The van der Waals surface area contributed by atoms with Crippen LogP contribution in [0.4, 0.5) is 0 Å². The van der Waals surface area contributed by atoms with E-state index in [4.69, 9.17) is 0 Å². The molecule has 0 amide bonds. The van der Waals surface area contributed by atoms with E-state index >= 15 is 0 Å². The summed E-state index contributed by atoms with van der Waals surface area (Å²) in [6.45, 7) is 4.48. The van der Waals surface area contributed by atoms with Gasteiger partial charge in [0, 0.05) is 24.2 Å². The Balaban J connectivity index is 1.68. The Morgan fingerprint density at radius 2 is 2.22 bits per heavy atom. The van der Waals surface area contributed by atoms with E-state index in [0.29, 0.717) is 0 Å². The summed E-state index contributed by atoms with van der Waals surface area (Å²) in [7, 11) is 0. The van der Waals surface area contributed by atoms with Crippen LogP contribution in [0.1, 0.15) is 37.9 Å². The van der Waals surface area contributed by atoms with Gasteiger partial charge in [-0.2, -0.15) is 0 Å². The van der Waals surface area contributed by atoms with Gasteiger partial charge in [-0.05, 0) is 61.1 Å². The summed E-state index contributed by atoms with van der Waals surface area (Å²) in [6.07, 6.45) is 4.80. The number of rotatable bonds is 3. The van der Waals surface area contributed by atoms with Crippen molar-refractivity contribution in [3.63, 3.8) is 0 Å². The maximum Gasteiger partial charge on any atom is 0.116 e. The van der Waals surface area contributed by atoms with Gasteiger partial charge in [-0.25, -0.2) is 0 Å². The Morgan fingerprint density at radius 3 is 2.96 bits per heavy atom. The number of fused-ring (bicyclic) bond motifs is 4. The van der Waals surface area contributed by atoms with Crippen LogP contribution < -0.4 is 0 Å². The number of hydrogen-bond donors (Lipinski definition) is 2. The summed E-state index contributed by atoms with van der Waals surface area (Å²) in [4.78, 5) is 6.81. The molecule has 122 valence electrons. The number of aliphatic hydroxyl groups excluding tert-OH is 1. The third-order valence-corrected chi connectivity index (χ3v) is 5.90. The van der Waals surface area contributed by atoms with E-state index in [1.54, 1.807) is 24.4 Å². The molecule has 0 saturated carbocycles. The lowest BCUT2D eigenvalue weighted by atomic mass is 9.72. The monoisotopic (exact) mass is 312 g/mol. The van der Waals surface area contributed by atoms with Crippen molar-refractivity contribution in [3.05, 3.63) is 36.0 Å². The third-order valence-electron chi connectivity index (χ3n) is 5.90. The van der Waals surface area contributed by atoms with Crippen molar-refractivity contribution < 1.29 is 10.2 Å². The highest BCUT2D eigenvalue weighted by Gasteiger charge is 2.42. The molecule has 4 heteroatoms. The first kappa shape index (κ1) is 14.9. The summed E-state index contributed by atoms with van der Waals surface area (Å²) >= 11 is 0. The maximum absolute atomic E-state index is 11.1. The Morgan fingerprint density at radius 1 is 1.35 bits per heavy atom. The minimum atomic E-state index is -0.525. The predicted molar refractivity (Wildman–Crippen MR) is 90.2 cm³/mol. The first-order valence-electron chi connectivity index (χ1n) is 8.67. The zero-order valence-corrected chi connectivity index (χ0v) is 13.5. The van der Waals surface area contributed by atoms with Gasteiger partial charge in [-0.15, -0.1) is 0 Å². The van der Waals surface area contributed by atoms with Crippen molar-refractivity contribution in [3.8, 4) is 5.75 Å². The molecule has 3 saturated heterocycles. The summed E-state index contributed by atoms with van der Waals surface area (Å²) in [5.74, 6) is 1.74. The van der Waals surface area contributed by atoms with Crippen LogP contribution in [0.15, 0.2) is 30.5 Å². The van der Waals surface area contributed by atoms with Gasteiger partial charge in [-0.3, -0.25) is 9.88 Å². The average molecular weight is 312 g/mol. The lowest BCUT2D eigenvalue weighted by Crippen LogP contribution is -2.55. The summed E-state index contributed by atoms with van der Waals surface area (Å²) in [5.41, 5.74) is 1.71. The number of nitrogens with zero attached hydrogens (tertiary/aromatic N) is 2. The van der Waals surface area contributed by atoms with Crippen LogP contribution >= 0.6 is 0 Å². The normalized spacial score (nSPS) is 31.4. The zero-order valence-electron chi connectivity index (χ0n) is 13.5. The number of aromatic nitrogens is 1. The van der Waals surface area contributed by atoms with Crippen molar-refractivity contribution in [2.75, 3.05) is 13.1 Å². The molecule has 5 atom stereocenters. The molecule has 1 aromatic carbocycles. The Hall–Kier alpha value is -1.65. The molecule has 4 heterocycles. The quantitative estimate of drug-likeness (QED) is 0.914. The maximum atomic E-state index is 11.1. The van der Waals surface area contributed by atoms with Crippen LogP contribution in [-0.2, 0) is 0 Å². The fourth-order valence-corrected chi connectivity index (χ4v) is 4.59. The van der Waals surface area contributed by atoms with E-state index in [9.17, 15) is 10.2 Å². The van der Waals surface area contributed by atoms with Crippen molar-refractivity contribution in [2.45, 2.75) is 38.3 Å². The fraction of sp³-hybridized carbons (Fsp3) is 0.526. The molecule has 23 heavy (non-hydrogen) atoms. The molecule has 0 radical (unpaired) electrons. The van der Waals surface area contributed by atoms with Crippen molar-refractivity contribution in [1.82, 2.24) is 9.88 Å². The van der Waals surface area contributed by atoms with Gasteiger partial charge in [0.1, 0.15) is 5.75 Å². The van der Waals surface area contributed by atoms with Crippen molar-refractivity contribution in [2.24, 2.45) is 11.8 Å². The number of phenols is 1. The topological polar surface area (TPSA) is 56.6 Å². The van der Waals surface area contributed by atoms with Gasteiger partial charge in [-0.1, -0.05) is 13.3 Å². The average Bonchev–Trinajstić information content (AvgIpc) is 2.60. The number of pyridine rings is 1. The molecule has 0 spiro atoms. The zero-order chi connectivity index (χ0) is 16.0. The van der Waals surface area contributed by atoms with Crippen LogP contribution in [-0.4, -0.2) is 39.2 Å². The molecule has 2 bridgehead atoms. The fourth-order valence-electron chi connectivity index (χ4n) is 4.59. The molecule has 5 rings (SSSR count). The highest BCUT2D eigenvalue weighted by atomic mass is 16.3. The molecule has 2 N–H and O–H groups in total. The van der Waals surface area contributed by atoms with Gasteiger partial charge >= 0.3 is 0 Å². The smallest absolute Gasteiger partial charge is 0.116 e. The van der Waals surface area contributed by atoms with Crippen LogP contribution in [0.2, 0.25) is 0 Å². The second-order valence-corrected chi connectivity index (χ2v) is 7.06. The predicted octanol–water partition coefficient (Wildman–Crippen LogP) is 3.09. The molecule has 2 unspecified atom stereocenters. The number of piperidine rings is 3. The molecule has 1 aromatic heterocycles. The number of benzene rings is 1. The third kappa shape index (κ3) is 2.50.